The van der Waals surface area contributed by atoms with Crippen molar-refractivity contribution in [3.8, 4) is 6.07 Å². The Hall–Kier alpha value is -4.87. The van der Waals surface area contributed by atoms with Gasteiger partial charge in [-0.3, -0.25) is 9.69 Å². The molecule has 190 valence electrons. The standard InChI is InChI=1S/C29H22ClN3O5/c1-37-28(35)24-23(17-8-4-3-5-9-17)21(16-31)27(32)33(25(24)29(36)38-2)22-11-7-6-10-20(22)26(34)18-12-14-19(30)15-13-18/h3-15,23H,32H2,1-2H3. The molecule has 3 aromatic carbocycles. The normalized spacial score (nSPS) is 15.1. The summed E-state index contributed by atoms with van der Waals surface area (Å²) in [5.74, 6) is -3.30. The topological polar surface area (TPSA) is 123 Å². The zero-order chi connectivity index (χ0) is 27.4. The van der Waals surface area contributed by atoms with E-state index >= 15 is 0 Å². The number of nitrogens with two attached hydrogens (primary N) is 1. The van der Waals surface area contributed by atoms with Crippen molar-refractivity contribution in [1.82, 2.24) is 0 Å². The number of halogens is 1. The van der Waals surface area contributed by atoms with Gasteiger partial charge in [-0.1, -0.05) is 54.1 Å². The van der Waals surface area contributed by atoms with Gasteiger partial charge in [0.15, 0.2) is 5.78 Å². The lowest BCUT2D eigenvalue weighted by Crippen LogP contribution is -2.41. The number of rotatable bonds is 6. The SMILES string of the molecule is COC(=O)C1=C(C(=O)OC)N(c2ccccc2C(=O)c2ccc(Cl)cc2)C(N)=C(C#N)C1c1ccccc1. The van der Waals surface area contributed by atoms with Gasteiger partial charge in [0.25, 0.3) is 0 Å². The fraction of sp³-hybridized carbons (Fsp3) is 0.103. The molecule has 1 heterocycles. The maximum absolute atomic E-state index is 13.6. The number of ketones is 1. The van der Waals surface area contributed by atoms with Crippen LogP contribution in [-0.4, -0.2) is 31.9 Å². The molecular formula is C29H22ClN3O5. The fourth-order valence-electron chi connectivity index (χ4n) is 4.38. The molecule has 0 radical (unpaired) electrons. The number of methoxy groups -OCH3 is 2. The monoisotopic (exact) mass is 527 g/mol. The first-order chi connectivity index (χ1) is 18.3. The Morgan fingerprint density at radius 3 is 2.11 bits per heavy atom. The highest BCUT2D eigenvalue weighted by Gasteiger charge is 2.43. The lowest BCUT2D eigenvalue weighted by Gasteiger charge is -2.36. The Bertz CT molecular complexity index is 1520. The molecule has 8 nitrogen and oxygen atoms in total. The van der Waals surface area contributed by atoms with E-state index in [0.29, 0.717) is 16.1 Å². The summed E-state index contributed by atoms with van der Waals surface area (Å²) in [6.07, 6.45) is 0. The average Bonchev–Trinajstić information content (AvgIpc) is 2.96. The molecular weight excluding hydrogens is 506 g/mol. The molecule has 0 amide bonds. The third kappa shape index (κ3) is 4.63. The van der Waals surface area contributed by atoms with E-state index in [0.717, 1.165) is 7.11 Å². The second-order valence-electron chi connectivity index (χ2n) is 8.19. The average molecular weight is 528 g/mol. The van der Waals surface area contributed by atoms with Crippen LogP contribution in [0.4, 0.5) is 5.69 Å². The van der Waals surface area contributed by atoms with E-state index in [1.54, 1.807) is 78.9 Å². The predicted octanol–water partition coefficient (Wildman–Crippen LogP) is 4.47. The van der Waals surface area contributed by atoms with Crippen LogP contribution in [-0.2, 0) is 19.1 Å². The van der Waals surface area contributed by atoms with Gasteiger partial charge in [0.05, 0.1) is 43.0 Å². The third-order valence-corrected chi connectivity index (χ3v) is 6.36. The van der Waals surface area contributed by atoms with Crippen molar-refractivity contribution in [2.75, 3.05) is 19.1 Å². The van der Waals surface area contributed by atoms with E-state index in [4.69, 9.17) is 26.8 Å². The van der Waals surface area contributed by atoms with E-state index in [1.165, 1.54) is 12.0 Å². The largest absolute Gasteiger partial charge is 0.466 e. The first-order valence-electron chi connectivity index (χ1n) is 11.4. The van der Waals surface area contributed by atoms with Crippen LogP contribution < -0.4 is 10.6 Å². The van der Waals surface area contributed by atoms with Crippen molar-refractivity contribution < 1.29 is 23.9 Å². The summed E-state index contributed by atoms with van der Waals surface area (Å²) in [6, 6.07) is 23.5. The summed E-state index contributed by atoms with van der Waals surface area (Å²) in [6.45, 7) is 0. The lowest BCUT2D eigenvalue weighted by atomic mass is 9.80. The Labute approximate surface area is 224 Å². The molecule has 0 saturated carbocycles. The number of allylic oxidation sites excluding steroid dienone is 1. The van der Waals surface area contributed by atoms with Crippen molar-refractivity contribution in [2.24, 2.45) is 5.73 Å². The number of esters is 2. The number of hydrogen-bond donors (Lipinski definition) is 1. The molecule has 3 aromatic rings. The molecule has 0 fully saturated rings. The van der Waals surface area contributed by atoms with E-state index in [2.05, 4.69) is 6.07 Å². The Balaban J connectivity index is 2.04. The van der Waals surface area contributed by atoms with E-state index in [-0.39, 0.29) is 33.9 Å². The number of para-hydroxylation sites is 1. The Morgan fingerprint density at radius 1 is 0.895 bits per heavy atom. The molecule has 0 spiro atoms. The van der Waals surface area contributed by atoms with Crippen molar-refractivity contribution in [3.63, 3.8) is 0 Å². The van der Waals surface area contributed by atoms with Crippen molar-refractivity contribution >= 4 is 35.0 Å². The maximum atomic E-state index is 13.6. The molecule has 2 N–H and O–H groups in total. The summed E-state index contributed by atoms with van der Waals surface area (Å²) in [7, 11) is 2.33. The van der Waals surface area contributed by atoms with Gasteiger partial charge < -0.3 is 15.2 Å². The number of nitriles is 1. The summed E-state index contributed by atoms with van der Waals surface area (Å²) in [5, 5.41) is 10.7. The number of nitrogens with zero attached hydrogens (tertiary/aromatic N) is 2. The van der Waals surface area contributed by atoms with Gasteiger partial charge >= 0.3 is 11.9 Å². The number of benzene rings is 3. The molecule has 1 unspecified atom stereocenters. The molecule has 0 saturated heterocycles. The number of carbonyl (C=O) groups excluding carboxylic acids is 3. The van der Waals surface area contributed by atoms with Crippen LogP contribution in [0.3, 0.4) is 0 Å². The second-order valence-corrected chi connectivity index (χ2v) is 8.62. The first-order valence-corrected chi connectivity index (χ1v) is 11.8. The van der Waals surface area contributed by atoms with Gasteiger partial charge in [0.1, 0.15) is 11.5 Å². The minimum atomic E-state index is -1.02. The molecule has 0 aromatic heterocycles. The number of hydrogen-bond acceptors (Lipinski definition) is 8. The van der Waals surface area contributed by atoms with Crippen LogP contribution in [0.15, 0.2) is 102 Å². The number of ether oxygens (including phenoxy) is 2. The van der Waals surface area contributed by atoms with E-state index in [9.17, 15) is 19.6 Å². The van der Waals surface area contributed by atoms with Crippen molar-refractivity contribution in [1.29, 1.82) is 5.26 Å². The second kappa shape index (κ2) is 11.0. The molecule has 1 aliphatic heterocycles. The molecule has 4 rings (SSSR count). The first kappa shape index (κ1) is 26.2. The van der Waals surface area contributed by atoms with E-state index < -0.39 is 23.6 Å². The zero-order valence-corrected chi connectivity index (χ0v) is 21.2. The van der Waals surface area contributed by atoms with Crippen LogP contribution in [0.1, 0.15) is 27.4 Å². The van der Waals surface area contributed by atoms with Gasteiger partial charge in [0, 0.05) is 16.1 Å². The minimum absolute atomic E-state index is 0.00185. The summed E-state index contributed by atoms with van der Waals surface area (Å²) >= 11 is 5.99. The summed E-state index contributed by atoms with van der Waals surface area (Å²) < 4.78 is 10.1. The molecule has 38 heavy (non-hydrogen) atoms. The van der Waals surface area contributed by atoms with Gasteiger partial charge in [-0.2, -0.15) is 5.26 Å². The zero-order valence-electron chi connectivity index (χ0n) is 20.5. The van der Waals surface area contributed by atoms with Gasteiger partial charge in [-0.15, -0.1) is 0 Å². The molecule has 0 bridgehead atoms. The van der Waals surface area contributed by atoms with Gasteiger partial charge in [-0.25, -0.2) is 9.59 Å². The molecule has 9 heteroatoms. The minimum Gasteiger partial charge on any atom is -0.466 e. The van der Waals surface area contributed by atoms with Gasteiger partial charge in [-0.05, 0) is 42.0 Å². The van der Waals surface area contributed by atoms with E-state index in [1.807, 2.05) is 0 Å². The predicted molar refractivity (Wildman–Crippen MR) is 141 cm³/mol. The highest BCUT2D eigenvalue weighted by Crippen LogP contribution is 2.44. The van der Waals surface area contributed by atoms with Crippen LogP contribution in [0.5, 0.6) is 0 Å². The third-order valence-electron chi connectivity index (χ3n) is 6.11. The maximum Gasteiger partial charge on any atom is 0.355 e. The quantitative estimate of drug-likeness (QED) is 0.368. The molecule has 1 aliphatic rings. The number of carbonyl (C=O) groups is 3. The van der Waals surface area contributed by atoms with Gasteiger partial charge in [0.2, 0.25) is 0 Å². The summed E-state index contributed by atoms with van der Waals surface area (Å²) in [4.78, 5) is 41.3. The van der Waals surface area contributed by atoms with Crippen molar-refractivity contribution in [2.45, 2.75) is 5.92 Å². The van der Waals surface area contributed by atoms with Crippen LogP contribution in [0, 0.1) is 11.3 Å². The van der Waals surface area contributed by atoms with Crippen LogP contribution in [0.2, 0.25) is 5.02 Å². The highest BCUT2D eigenvalue weighted by molar-refractivity contribution is 6.30. The Kier molecular flexibility index (Phi) is 7.61. The smallest absolute Gasteiger partial charge is 0.355 e. The number of anilines is 1. The molecule has 1 atom stereocenters. The lowest BCUT2D eigenvalue weighted by molar-refractivity contribution is -0.139. The summed E-state index contributed by atoms with van der Waals surface area (Å²) in [5.41, 5.74) is 7.37. The van der Waals surface area contributed by atoms with Crippen LogP contribution in [0.25, 0.3) is 0 Å². The van der Waals surface area contributed by atoms with Crippen molar-refractivity contribution in [3.05, 3.63) is 123 Å². The Morgan fingerprint density at radius 2 is 1.50 bits per heavy atom. The van der Waals surface area contributed by atoms with Crippen LogP contribution >= 0.6 is 11.6 Å². The molecule has 0 aliphatic carbocycles. The fourth-order valence-corrected chi connectivity index (χ4v) is 4.51. The highest BCUT2D eigenvalue weighted by atomic mass is 35.5.